The third kappa shape index (κ3) is 3.10. The van der Waals surface area contributed by atoms with Crippen molar-refractivity contribution in [3.8, 4) is 0 Å². The second-order valence-electron chi connectivity index (χ2n) is 3.10. The quantitative estimate of drug-likeness (QED) is 0.664. The van der Waals surface area contributed by atoms with E-state index in [9.17, 15) is 14.6 Å². The van der Waals surface area contributed by atoms with Crippen molar-refractivity contribution in [1.82, 2.24) is 10.3 Å². The predicted molar refractivity (Wildman–Crippen MR) is 54.1 cm³/mol. The number of aliphatic hydroxyl groups excluding tert-OH is 2. The third-order valence-electron chi connectivity index (χ3n) is 1.93. The lowest BCUT2D eigenvalue weighted by atomic mass is 10.1. The first-order valence-corrected chi connectivity index (χ1v) is 4.75. The molecule has 0 aliphatic carbocycles. The van der Waals surface area contributed by atoms with Crippen LogP contribution in [0.15, 0.2) is 12.3 Å². The van der Waals surface area contributed by atoms with Gasteiger partial charge in [0.05, 0.1) is 12.3 Å². The van der Waals surface area contributed by atoms with E-state index in [0.717, 1.165) is 12.3 Å². The summed E-state index contributed by atoms with van der Waals surface area (Å²) in [5, 5.41) is 21.8. The fourth-order valence-electron chi connectivity index (χ4n) is 1.17. The highest BCUT2D eigenvalue weighted by molar-refractivity contribution is 6.30. The van der Waals surface area contributed by atoms with Crippen LogP contribution in [0.3, 0.4) is 0 Å². The van der Waals surface area contributed by atoms with Crippen molar-refractivity contribution in [3.05, 3.63) is 28.8 Å². The molecule has 2 unspecified atom stereocenters. The van der Waals surface area contributed by atoms with E-state index in [0.29, 0.717) is 0 Å². The minimum Gasteiger partial charge on any atom is -0.389 e. The maximum absolute atomic E-state index is 12.8. The van der Waals surface area contributed by atoms with Crippen molar-refractivity contribution in [1.29, 1.82) is 0 Å². The number of hydrogen-bond donors (Lipinski definition) is 3. The smallest absolute Gasteiger partial charge is 0.141 e. The first-order valence-electron chi connectivity index (χ1n) is 4.38. The molecule has 1 aromatic heterocycles. The van der Waals surface area contributed by atoms with E-state index in [4.69, 9.17) is 11.6 Å². The summed E-state index contributed by atoms with van der Waals surface area (Å²) in [6.45, 7) is 0.175. The first-order chi connectivity index (χ1) is 7.06. The van der Waals surface area contributed by atoms with Crippen molar-refractivity contribution in [2.24, 2.45) is 0 Å². The van der Waals surface area contributed by atoms with Gasteiger partial charge in [-0.2, -0.15) is 0 Å². The summed E-state index contributed by atoms with van der Waals surface area (Å²) in [5.74, 6) is -0.606. The van der Waals surface area contributed by atoms with Gasteiger partial charge in [-0.25, -0.2) is 9.37 Å². The molecule has 2 atom stereocenters. The van der Waals surface area contributed by atoms with Crippen LogP contribution in [0.25, 0.3) is 0 Å². The number of halogens is 2. The number of likely N-dealkylation sites (N-methyl/N-ethyl adjacent to an activating group) is 1. The van der Waals surface area contributed by atoms with E-state index in [1.807, 2.05) is 0 Å². The van der Waals surface area contributed by atoms with Crippen LogP contribution in [0.2, 0.25) is 5.15 Å². The molecule has 0 saturated carbocycles. The predicted octanol–water partition coefficient (Wildman–Crippen LogP) is 0.488. The summed E-state index contributed by atoms with van der Waals surface area (Å²) in [7, 11) is 1.63. The Labute approximate surface area is 91.7 Å². The second-order valence-corrected chi connectivity index (χ2v) is 3.46. The molecule has 0 amide bonds. The van der Waals surface area contributed by atoms with E-state index in [1.54, 1.807) is 7.05 Å². The van der Waals surface area contributed by atoms with E-state index >= 15 is 0 Å². The largest absolute Gasteiger partial charge is 0.389 e. The molecule has 3 N–H and O–H groups in total. The molecule has 0 bridgehead atoms. The van der Waals surface area contributed by atoms with Gasteiger partial charge >= 0.3 is 0 Å². The number of nitrogens with zero attached hydrogens (tertiary/aromatic N) is 1. The minimum atomic E-state index is -1.26. The second kappa shape index (κ2) is 5.37. The molecule has 0 aromatic carbocycles. The van der Waals surface area contributed by atoms with Gasteiger partial charge in [0.15, 0.2) is 0 Å². The van der Waals surface area contributed by atoms with Crippen LogP contribution >= 0.6 is 11.6 Å². The van der Waals surface area contributed by atoms with Gasteiger partial charge in [-0.05, 0) is 13.1 Å². The first kappa shape index (κ1) is 12.3. The molecule has 84 valence electrons. The number of aliphatic hydroxyl groups is 2. The molecule has 0 radical (unpaired) electrons. The number of rotatable bonds is 4. The Morgan fingerprint density at radius 2 is 2.27 bits per heavy atom. The normalized spacial score (nSPS) is 15.0. The topological polar surface area (TPSA) is 65.4 Å². The van der Waals surface area contributed by atoms with Gasteiger partial charge in [0.1, 0.15) is 17.1 Å². The average molecular weight is 235 g/mol. The fraction of sp³-hybridized carbons (Fsp3) is 0.444. The fourth-order valence-corrected chi connectivity index (χ4v) is 1.39. The van der Waals surface area contributed by atoms with E-state index in [1.165, 1.54) is 0 Å². The maximum Gasteiger partial charge on any atom is 0.141 e. The number of nitrogens with one attached hydrogen (secondary N) is 1. The Hall–Kier alpha value is -0.750. The number of hydrogen-bond acceptors (Lipinski definition) is 4. The van der Waals surface area contributed by atoms with Gasteiger partial charge in [-0.15, -0.1) is 0 Å². The van der Waals surface area contributed by atoms with Gasteiger partial charge in [0, 0.05) is 12.1 Å². The van der Waals surface area contributed by atoms with Crippen LogP contribution in [0.1, 0.15) is 11.7 Å². The van der Waals surface area contributed by atoms with Crippen molar-refractivity contribution in [3.63, 3.8) is 0 Å². The SMILES string of the molecule is CNCC(O)C(O)c1cc(F)cnc1Cl. The summed E-state index contributed by atoms with van der Waals surface area (Å²) in [5.41, 5.74) is 0.0828. The molecule has 1 aromatic rings. The van der Waals surface area contributed by atoms with Crippen LogP contribution in [-0.4, -0.2) is 34.9 Å². The molecule has 0 saturated heterocycles. The van der Waals surface area contributed by atoms with E-state index in [2.05, 4.69) is 10.3 Å². The zero-order valence-electron chi connectivity index (χ0n) is 8.11. The minimum absolute atomic E-state index is 0.0148. The molecule has 6 heteroatoms. The van der Waals surface area contributed by atoms with Gasteiger partial charge < -0.3 is 15.5 Å². The lowest BCUT2D eigenvalue weighted by molar-refractivity contribution is 0.0199. The van der Waals surface area contributed by atoms with E-state index in [-0.39, 0.29) is 17.3 Å². The van der Waals surface area contributed by atoms with Gasteiger partial charge in [0.25, 0.3) is 0 Å². The van der Waals surface area contributed by atoms with Crippen molar-refractivity contribution >= 4 is 11.6 Å². The van der Waals surface area contributed by atoms with Crippen molar-refractivity contribution < 1.29 is 14.6 Å². The van der Waals surface area contributed by atoms with E-state index < -0.39 is 18.0 Å². The highest BCUT2D eigenvalue weighted by Gasteiger charge is 2.21. The maximum atomic E-state index is 12.8. The molecule has 1 rings (SSSR count). The Balaban J connectivity index is 2.89. The summed E-state index contributed by atoms with van der Waals surface area (Å²) in [6, 6.07) is 1.05. The van der Waals surface area contributed by atoms with Gasteiger partial charge in [0.2, 0.25) is 0 Å². The van der Waals surface area contributed by atoms with Crippen LogP contribution in [-0.2, 0) is 0 Å². The Bertz CT molecular complexity index is 338. The zero-order valence-corrected chi connectivity index (χ0v) is 8.87. The summed E-state index contributed by atoms with van der Waals surface area (Å²) in [4.78, 5) is 3.54. The summed E-state index contributed by atoms with van der Waals surface area (Å²) in [6.07, 6.45) is -1.37. The van der Waals surface area contributed by atoms with Crippen LogP contribution < -0.4 is 5.32 Å². The number of aromatic nitrogens is 1. The number of pyridine rings is 1. The molecule has 0 aliphatic heterocycles. The molecular formula is C9H12ClFN2O2. The van der Waals surface area contributed by atoms with Crippen LogP contribution in [0.4, 0.5) is 4.39 Å². The lowest BCUT2D eigenvalue weighted by Gasteiger charge is -2.18. The molecular weight excluding hydrogens is 223 g/mol. The molecule has 4 nitrogen and oxygen atoms in total. The molecule has 1 heterocycles. The van der Waals surface area contributed by atoms with Crippen molar-refractivity contribution in [2.45, 2.75) is 12.2 Å². The third-order valence-corrected chi connectivity index (χ3v) is 2.24. The highest BCUT2D eigenvalue weighted by Crippen LogP contribution is 2.23. The van der Waals surface area contributed by atoms with Gasteiger partial charge in [-0.3, -0.25) is 0 Å². The summed E-state index contributed by atoms with van der Waals surface area (Å²) >= 11 is 5.67. The van der Waals surface area contributed by atoms with Crippen LogP contribution in [0.5, 0.6) is 0 Å². The Kier molecular flexibility index (Phi) is 4.41. The summed E-state index contributed by atoms with van der Waals surface area (Å²) < 4.78 is 12.8. The Morgan fingerprint density at radius 1 is 1.60 bits per heavy atom. The van der Waals surface area contributed by atoms with Gasteiger partial charge in [-0.1, -0.05) is 11.6 Å². The van der Waals surface area contributed by atoms with Crippen LogP contribution in [0, 0.1) is 5.82 Å². The Morgan fingerprint density at radius 3 is 2.87 bits per heavy atom. The monoisotopic (exact) mass is 234 g/mol. The zero-order chi connectivity index (χ0) is 11.4. The molecule has 0 fully saturated rings. The highest BCUT2D eigenvalue weighted by atomic mass is 35.5. The molecule has 15 heavy (non-hydrogen) atoms. The molecule has 0 spiro atoms. The standard InChI is InChI=1S/C9H12ClFN2O2/c1-12-4-7(14)8(15)6-2-5(11)3-13-9(6)10/h2-3,7-8,12,14-15H,4H2,1H3. The van der Waals surface area contributed by atoms with Crippen molar-refractivity contribution in [2.75, 3.05) is 13.6 Å². The lowest BCUT2D eigenvalue weighted by Crippen LogP contribution is -2.29. The average Bonchev–Trinajstić information content (AvgIpc) is 2.21. The molecule has 0 aliphatic rings.